The summed E-state index contributed by atoms with van der Waals surface area (Å²) in [4.78, 5) is 20.6. The number of carbonyl (C=O) groups is 1. The van der Waals surface area contributed by atoms with Gasteiger partial charge in [-0.15, -0.1) is 0 Å². The predicted molar refractivity (Wildman–Crippen MR) is 111 cm³/mol. The molecule has 28 heavy (non-hydrogen) atoms. The second kappa shape index (κ2) is 10.4. The van der Waals surface area contributed by atoms with Crippen LogP contribution < -0.4 is 16.0 Å². The van der Waals surface area contributed by atoms with E-state index in [1.165, 1.54) is 6.07 Å². The SMILES string of the molecule is CCNC(=NCCC(=O)Nc1ccc(C)cn1)NC(C)c1ccc(C)c(F)c1. The van der Waals surface area contributed by atoms with Crippen LogP contribution in [0.15, 0.2) is 41.5 Å². The first-order valence-corrected chi connectivity index (χ1v) is 9.42. The van der Waals surface area contributed by atoms with E-state index in [0.29, 0.717) is 30.4 Å². The number of rotatable bonds is 7. The van der Waals surface area contributed by atoms with Crippen molar-refractivity contribution in [3.63, 3.8) is 0 Å². The van der Waals surface area contributed by atoms with E-state index in [9.17, 15) is 9.18 Å². The first kappa shape index (κ1) is 21.3. The summed E-state index contributed by atoms with van der Waals surface area (Å²) in [5, 5.41) is 9.13. The Morgan fingerprint density at radius 3 is 2.68 bits per heavy atom. The van der Waals surface area contributed by atoms with E-state index < -0.39 is 0 Å². The third-order valence-corrected chi connectivity index (χ3v) is 4.18. The van der Waals surface area contributed by atoms with Crippen LogP contribution in [0.25, 0.3) is 0 Å². The summed E-state index contributed by atoms with van der Waals surface area (Å²) < 4.78 is 13.8. The van der Waals surface area contributed by atoms with Gasteiger partial charge in [0.25, 0.3) is 0 Å². The summed E-state index contributed by atoms with van der Waals surface area (Å²) in [5.74, 6) is 0.732. The summed E-state index contributed by atoms with van der Waals surface area (Å²) in [6.07, 6.45) is 1.94. The van der Waals surface area contributed by atoms with Gasteiger partial charge in [0.05, 0.1) is 12.6 Å². The van der Waals surface area contributed by atoms with E-state index in [4.69, 9.17) is 0 Å². The molecule has 0 aliphatic carbocycles. The van der Waals surface area contributed by atoms with Crippen LogP contribution in [0.3, 0.4) is 0 Å². The van der Waals surface area contributed by atoms with E-state index in [2.05, 4.69) is 25.9 Å². The van der Waals surface area contributed by atoms with Crippen molar-refractivity contribution in [1.82, 2.24) is 15.6 Å². The number of benzene rings is 1. The highest BCUT2D eigenvalue weighted by molar-refractivity contribution is 5.90. The first-order valence-electron chi connectivity index (χ1n) is 9.42. The molecule has 150 valence electrons. The van der Waals surface area contributed by atoms with Crippen LogP contribution in [0.5, 0.6) is 0 Å². The lowest BCUT2D eigenvalue weighted by atomic mass is 10.1. The number of guanidine groups is 1. The van der Waals surface area contributed by atoms with E-state index >= 15 is 0 Å². The fraction of sp³-hybridized carbons (Fsp3) is 0.381. The lowest BCUT2D eigenvalue weighted by Gasteiger charge is -2.18. The standard InChI is InChI=1S/C21H28FN5O/c1-5-23-21(26-16(4)17-8-7-15(3)18(22)12-17)24-11-10-20(28)27-19-9-6-14(2)13-25-19/h6-9,12-13,16H,5,10-11H2,1-4H3,(H2,23,24,26)(H,25,27,28). The van der Waals surface area contributed by atoms with Gasteiger partial charge in [-0.25, -0.2) is 9.37 Å². The molecule has 1 aromatic heterocycles. The Hall–Kier alpha value is -2.96. The molecule has 0 spiro atoms. The van der Waals surface area contributed by atoms with Crippen molar-refractivity contribution >= 4 is 17.7 Å². The van der Waals surface area contributed by atoms with Gasteiger partial charge in [0.2, 0.25) is 5.91 Å². The summed E-state index contributed by atoms with van der Waals surface area (Å²) in [6.45, 7) is 8.58. The first-order chi connectivity index (χ1) is 13.4. The van der Waals surface area contributed by atoms with Gasteiger partial charge in [-0.1, -0.05) is 18.2 Å². The molecule has 0 saturated heterocycles. The minimum atomic E-state index is -0.227. The highest BCUT2D eigenvalue weighted by Crippen LogP contribution is 2.16. The molecule has 0 radical (unpaired) electrons. The maximum absolute atomic E-state index is 13.8. The maximum atomic E-state index is 13.8. The third kappa shape index (κ3) is 6.64. The van der Waals surface area contributed by atoms with E-state index in [1.807, 2.05) is 32.9 Å². The third-order valence-electron chi connectivity index (χ3n) is 4.18. The number of aliphatic imine (C=N–C) groups is 1. The minimum absolute atomic E-state index is 0.126. The maximum Gasteiger partial charge on any atom is 0.227 e. The Morgan fingerprint density at radius 2 is 2.04 bits per heavy atom. The molecule has 0 fully saturated rings. The number of hydrogen-bond acceptors (Lipinski definition) is 3. The van der Waals surface area contributed by atoms with E-state index in [1.54, 1.807) is 25.3 Å². The zero-order valence-corrected chi connectivity index (χ0v) is 16.8. The molecule has 6 nitrogen and oxygen atoms in total. The molecule has 1 atom stereocenters. The van der Waals surface area contributed by atoms with Gasteiger partial charge in [0, 0.05) is 19.2 Å². The monoisotopic (exact) mass is 385 g/mol. The van der Waals surface area contributed by atoms with Crippen molar-refractivity contribution in [2.75, 3.05) is 18.4 Å². The molecular formula is C21H28FN5O. The van der Waals surface area contributed by atoms with Gasteiger partial charge in [-0.05, 0) is 56.5 Å². The van der Waals surface area contributed by atoms with Crippen molar-refractivity contribution in [2.45, 2.75) is 40.2 Å². The van der Waals surface area contributed by atoms with Crippen LogP contribution in [0, 0.1) is 19.7 Å². The van der Waals surface area contributed by atoms with Crippen LogP contribution in [0.1, 0.15) is 43.0 Å². The van der Waals surface area contributed by atoms with Gasteiger partial charge < -0.3 is 16.0 Å². The van der Waals surface area contributed by atoms with Crippen molar-refractivity contribution in [1.29, 1.82) is 0 Å². The summed E-state index contributed by atoms with van der Waals surface area (Å²) in [7, 11) is 0. The highest BCUT2D eigenvalue weighted by atomic mass is 19.1. The zero-order chi connectivity index (χ0) is 20.5. The van der Waals surface area contributed by atoms with Crippen molar-refractivity contribution < 1.29 is 9.18 Å². The predicted octanol–water partition coefficient (Wildman–Crippen LogP) is 3.48. The van der Waals surface area contributed by atoms with Crippen molar-refractivity contribution in [3.8, 4) is 0 Å². The summed E-state index contributed by atoms with van der Waals surface area (Å²) >= 11 is 0. The molecule has 1 aromatic carbocycles. The Labute approximate surface area is 165 Å². The molecule has 0 bridgehead atoms. The Kier molecular flexibility index (Phi) is 7.92. The van der Waals surface area contributed by atoms with Crippen LogP contribution in [0.4, 0.5) is 10.2 Å². The molecule has 1 unspecified atom stereocenters. The average Bonchev–Trinajstić information content (AvgIpc) is 2.66. The molecule has 1 amide bonds. The smallest absolute Gasteiger partial charge is 0.227 e. The van der Waals surface area contributed by atoms with Crippen molar-refractivity contribution in [2.24, 2.45) is 4.99 Å². The number of pyridine rings is 1. The van der Waals surface area contributed by atoms with Crippen LogP contribution in [0.2, 0.25) is 0 Å². The van der Waals surface area contributed by atoms with Crippen LogP contribution >= 0.6 is 0 Å². The highest BCUT2D eigenvalue weighted by Gasteiger charge is 2.10. The summed E-state index contributed by atoms with van der Waals surface area (Å²) in [6, 6.07) is 8.71. The molecule has 1 heterocycles. The Bertz CT molecular complexity index is 820. The van der Waals surface area contributed by atoms with Crippen LogP contribution in [-0.4, -0.2) is 29.9 Å². The molecule has 0 aliphatic heterocycles. The number of hydrogen-bond donors (Lipinski definition) is 3. The van der Waals surface area contributed by atoms with Gasteiger partial charge in [-0.3, -0.25) is 9.79 Å². The number of carbonyl (C=O) groups excluding carboxylic acids is 1. The fourth-order valence-corrected chi connectivity index (χ4v) is 2.50. The number of aryl methyl sites for hydroxylation is 2. The second-order valence-electron chi connectivity index (χ2n) is 6.65. The van der Waals surface area contributed by atoms with E-state index in [-0.39, 0.29) is 24.2 Å². The van der Waals surface area contributed by atoms with Gasteiger partial charge in [0.1, 0.15) is 11.6 Å². The quantitative estimate of drug-likeness (QED) is 0.504. The molecule has 0 saturated carbocycles. The Morgan fingerprint density at radius 1 is 1.25 bits per heavy atom. The number of anilines is 1. The largest absolute Gasteiger partial charge is 0.357 e. The number of nitrogens with one attached hydrogen (secondary N) is 3. The fourth-order valence-electron chi connectivity index (χ4n) is 2.50. The topological polar surface area (TPSA) is 78.4 Å². The Balaban J connectivity index is 1.90. The van der Waals surface area contributed by atoms with Gasteiger partial charge >= 0.3 is 0 Å². The minimum Gasteiger partial charge on any atom is -0.357 e. The normalized spacial score (nSPS) is 12.4. The molecule has 3 N–H and O–H groups in total. The van der Waals surface area contributed by atoms with Gasteiger partial charge in [-0.2, -0.15) is 0 Å². The molecule has 0 aliphatic rings. The number of aromatic nitrogens is 1. The van der Waals surface area contributed by atoms with Crippen LogP contribution in [-0.2, 0) is 4.79 Å². The number of amides is 1. The lowest BCUT2D eigenvalue weighted by Crippen LogP contribution is -2.39. The van der Waals surface area contributed by atoms with Crippen molar-refractivity contribution in [3.05, 3.63) is 59.0 Å². The zero-order valence-electron chi connectivity index (χ0n) is 16.8. The van der Waals surface area contributed by atoms with E-state index in [0.717, 1.165) is 11.1 Å². The second-order valence-corrected chi connectivity index (χ2v) is 6.65. The molecule has 2 rings (SSSR count). The number of halogens is 1. The summed E-state index contributed by atoms with van der Waals surface area (Å²) in [5.41, 5.74) is 2.48. The molecule has 2 aromatic rings. The lowest BCUT2D eigenvalue weighted by molar-refractivity contribution is -0.116. The molecule has 7 heteroatoms. The number of nitrogens with zero attached hydrogens (tertiary/aromatic N) is 2. The molecular weight excluding hydrogens is 357 g/mol. The van der Waals surface area contributed by atoms with Gasteiger partial charge in [0.15, 0.2) is 5.96 Å². The average molecular weight is 385 g/mol.